The molecule has 0 radical (unpaired) electrons. The summed E-state index contributed by atoms with van der Waals surface area (Å²) in [5.41, 5.74) is 0.476. The minimum absolute atomic E-state index is 0.0475. The number of rotatable bonds is 5. The topological polar surface area (TPSA) is 117 Å². The summed E-state index contributed by atoms with van der Waals surface area (Å²) in [5, 5.41) is 20.3. The number of aromatic nitrogens is 1. The van der Waals surface area contributed by atoms with Crippen LogP contribution in [-0.2, 0) is 6.54 Å². The maximum atomic E-state index is 12.0. The van der Waals surface area contributed by atoms with Crippen LogP contribution in [0.25, 0.3) is 0 Å². The first-order valence-corrected chi connectivity index (χ1v) is 6.28. The number of carboxylic acid groups (broad SMARTS) is 2. The Bertz CT molecular complexity index is 725. The Hall–Kier alpha value is -3.22. The van der Waals surface area contributed by atoms with Crippen LogP contribution in [0.4, 0.5) is 0 Å². The molecule has 1 heterocycles. The summed E-state index contributed by atoms with van der Waals surface area (Å²) < 4.78 is 0. The van der Waals surface area contributed by atoms with E-state index in [2.05, 4.69) is 10.3 Å². The zero-order chi connectivity index (χ0) is 16.1. The Kier molecular flexibility index (Phi) is 4.47. The summed E-state index contributed by atoms with van der Waals surface area (Å²) in [6.45, 7) is 0.0622. The van der Waals surface area contributed by atoms with Crippen molar-refractivity contribution in [3.63, 3.8) is 0 Å². The highest BCUT2D eigenvalue weighted by Gasteiger charge is 2.15. The molecule has 7 nitrogen and oxygen atoms in total. The van der Waals surface area contributed by atoms with E-state index in [-0.39, 0.29) is 23.2 Å². The van der Waals surface area contributed by atoms with Crippen LogP contribution in [0.1, 0.15) is 36.8 Å². The van der Waals surface area contributed by atoms with Crippen LogP contribution in [0.3, 0.4) is 0 Å². The molecular weight excluding hydrogens is 288 g/mol. The minimum Gasteiger partial charge on any atom is -0.478 e. The zero-order valence-corrected chi connectivity index (χ0v) is 11.3. The van der Waals surface area contributed by atoms with Crippen LogP contribution in [0.15, 0.2) is 42.6 Å². The number of aromatic carboxylic acids is 2. The van der Waals surface area contributed by atoms with Crippen LogP contribution < -0.4 is 5.32 Å². The highest BCUT2D eigenvalue weighted by molar-refractivity contribution is 6.04. The molecule has 2 aromatic rings. The number of carbonyl (C=O) groups excluding carboxylic acids is 1. The van der Waals surface area contributed by atoms with Gasteiger partial charge in [0.05, 0.1) is 28.9 Å². The quantitative estimate of drug-likeness (QED) is 0.768. The number of benzene rings is 1. The third-order valence-electron chi connectivity index (χ3n) is 2.90. The molecule has 112 valence electrons. The number of carbonyl (C=O) groups is 3. The molecule has 0 spiro atoms. The normalized spacial score (nSPS) is 10.0. The van der Waals surface area contributed by atoms with Crippen molar-refractivity contribution in [3.05, 3.63) is 65.0 Å². The average molecular weight is 300 g/mol. The van der Waals surface area contributed by atoms with Gasteiger partial charge in [-0.05, 0) is 24.3 Å². The molecule has 0 bridgehead atoms. The Morgan fingerprint density at radius 3 is 2.18 bits per heavy atom. The van der Waals surface area contributed by atoms with Gasteiger partial charge >= 0.3 is 11.9 Å². The molecule has 0 saturated heterocycles. The van der Waals surface area contributed by atoms with Crippen molar-refractivity contribution in [1.29, 1.82) is 0 Å². The van der Waals surface area contributed by atoms with E-state index in [1.165, 1.54) is 36.5 Å². The molecule has 1 amide bonds. The summed E-state index contributed by atoms with van der Waals surface area (Å²) in [4.78, 5) is 37.7. The fraction of sp³-hybridized carbons (Fsp3) is 0.0667. The predicted octanol–water partition coefficient (Wildman–Crippen LogP) is 1.41. The van der Waals surface area contributed by atoms with Gasteiger partial charge in [-0.2, -0.15) is 0 Å². The van der Waals surface area contributed by atoms with Gasteiger partial charge in [-0.25, -0.2) is 9.59 Å². The van der Waals surface area contributed by atoms with Gasteiger partial charge in [0.25, 0.3) is 5.91 Å². The van der Waals surface area contributed by atoms with Crippen LogP contribution in [0, 0.1) is 0 Å². The monoisotopic (exact) mass is 300 g/mol. The van der Waals surface area contributed by atoms with Gasteiger partial charge in [0.1, 0.15) is 0 Å². The number of hydrogen-bond acceptors (Lipinski definition) is 4. The number of pyridine rings is 1. The van der Waals surface area contributed by atoms with Crippen LogP contribution in [0.2, 0.25) is 0 Å². The van der Waals surface area contributed by atoms with Crippen molar-refractivity contribution in [2.75, 3.05) is 0 Å². The summed E-state index contributed by atoms with van der Waals surface area (Å²) in [7, 11) is 0. The maximum Gasteiger partial charge on any atom is 0.337 e. The third-order valence-corrected chi connectivity index (χ3v) is 2.90. The Labute approximate surface area is 125 Å². The Morgan fingerprint density at radius 1 is 0.955 bits per heavy atom. The molecule has 2 rings (SSSR count). The number of amides is 1. The Balaban J connectivity index is 2.07. The van der Waals surface area contributed by atoms with Gasteiger partial charge in [-0.15, -0.1) is 0 Å². The average Bonchev–Trinajstić information content (AvgIpc) is 2.53. The molecule has 0 saturated carbocycles. The molecule has 1 aromatic heterocycles. The maximum absolute atomic E-state index is 12.0. The van der Waals surface area contributed by atoms with E-state index in [4.69, 9.17) is 10.2 Å². The first-order valence-electron chi connectivity index (χ1n) is 6.28. The summed E-state index contributed by atoms with van der Waals surface area (Å²) >= 11 is 0. The molecule has 3 N–H and O–H groups in total. The van der Waals surface area contributed by atoms with E-state index < -0.39 is 17.8 Å². The first-order chi connectivity index (χ1) is 10.5. The predicted molar refractivity (Wildman–Crippen MR) is 75.8 cm³/mol. The van der Waals surface area contributed by atoms with E-state index in [9.17, 15) is 14.4 Å². The van der Waals surface area contributed by atoms with Crippen molar-refractivity contribution in [2.45, 2.75) is 6.54 Å². The van der Waals surface area contributed by atoms with Gasteiger partial charge in [0, 0.05) is 6.20 Å². The summed E-state index contributed by atoms with van der Waals surface area (Å²) in [6.07, 6.45) is 1.19. The van der Waals surface area contributed by atoms with Gasteiger partial charge in [-0.1, -0.05) is 12.1 Å². The largest absolute Gasteiger partial charge is 0.478 e. The second kappa shape index (κ2) is 6.49. The lowest BCUT2D eigenvalue weighted by atomic mass is 10.1. The second-order valence-corrected chi connectivity index (χ2v) is 4.38. The molecular formula is C15H12N2O5. The van der Waals surface area contributed by atoms with E-state index >= 15 is 0 Å². The Morgan fingerprint density at radius 2 is 1.64 bits per heavy atom. The minimum atomic E-state index is -1.19. The van der Waals surface area contributed by atoms with Crippen molar-refractivity contribution in [3.8, 4) is 0 Å². The molecule has 0 fully saturated rings. The highest BCUT2D eigenvalue weighted by Crippen LogP contribution is 2.09. The van der Waals surface area contributed by atoms with Crippen LogP contribution in [0.5, 0.6) is 0 Å². The van der Waals surface area contributed by atoms with Gasteiger partial charge in [0.2, 0.25) is 0 Å². The van der Waals surface area contributed by atoms with Gasteiger partial charge in [0.15, 0.2) is 0 Å². The fourth-order valence-electron chi connectivity index (χ4n) is 1.79. The van der Waals surface area contributed by atoms with Crippen molar-refractivity contribution >= 4 is 17.8 Å². The molecule has 0 unspecified atom stereocenters. The molecule has 0 aliphatic heterocycles. The smallest absolute Gasteiger partial charge is 0.337 e. The van der Waals surface area contributed by atoms with E-state index in [1.807, 2.05) is 0 Å². The first kappa shape index (κ1) is 15.2. The number of carboxylic acids is 2. The molecule has 1 aromatic carbocycles. The SMILES string of the molecule is O=C(O)c1ccc(CNC(=O)c2ccccc2C(=O)O)nc1. The molecule has 22 heavy (non-hydrogen) atoms. The molecule has 0 atom stereocenters. The number of nitrogens with one attached hydrogen (secondary N) is 1. The van der Waals surface area contributed by atoms with Crippen LogP contribution in [-0.4, -0.2) is 33.0 Å². The van der Waals surface area contributed by atoms with E-state index in [1.54, 1.807) is 6.07 Å². The lowest BCUT2D eigenvalue weighted by molar-refractivity contribution is 0.0684. The molecule has 0 aliphatic rings. The number of hydrogen-bond donors (Lipinski definition) is 3. The van der Waals surface area contributed by atoms with E-state index in [0.29, 0.717) is 5.69 Å². The second-order valence-electron chi connectivity index (χ2n) is 4.38. The van der Waals surface area contributed by atoms with Gasteiger partial charge in [-0.3, -0.25) is 9.78 Å². The lowest BCUT2D eigenvalue weighted by Crippen LogP contribution is -2.25. The van der Waals surface area contributed by atoms with Crippen molar-refractivity contribution in [1.82, 2.24) is 10.3 Å². The molecule has 7 heteroatoms. The zero-order valence-electron chi connectivity index (χ0n) is 11.3. The van der Waals surface area contributed by atoms with Crippen molar-refractivity contribution in [2.24, 2.45) is 0 Å². The van der Waals surface area contributed by atoms with Gasteiger partial charge < -0.3 is 15.5 Å². The fourth-order valence-corrected chi connectivity index (χ4v) is 1.79. The third kappa shape index (κ3) is 3.45. The number of nitrogens with zero attached hydrogens (tertiary/aromatic N) is 1. The standard InChI is InChI=1S/C15H12N2O5/c18-13(11-3-1-2-4-12(11)15(21)22)17-8-10-6-5-9(7-16-10)14(19)20/h1-7H,8H2,(H,17,18)(H,19,20)(H,21,22). The van der Waals surface area contributed by atoms with Crippen LogP contribution >= 0.6 is 0 Å². The summed E-state index contributed by atoms with van der Waals surface area (Å²) in [6, 6.07) is 8.72. The lowest BCUT2D eigenvalue weighted by Gasteiger charge is -2.07. The van der Waals surface area contributed by atoms with E-state index in [0.717, 1.165) is 0 Å². The summed E-state index contributed by atoms with van der Waals surface area (Å²) in [5.74, 6) is -2.81. The van der Waals surface area contributed by atoms with Crippen molar-refractivity contribution < 1.29 is 24.6 Å². The highest BCUT2D eigenvalue weighted by atomic mass is 16.4. The molecule has 0 aliphatic carbocycles.